The molecule has 0 aliphatic carbocycles. The van der Waals surface area contributed by atoms with E-state index in [1.54, 1.807) is 0 Å². The lowest BCUT2D eigenvalue weighted by Crippen LogP contribution is -2.27. The van der Waals surface area contributed by atoms with E-state index in [4.69, 9.17) is 6.42 Å². The molecule has 0 saturated carbocycles. The van der Waals surface area contributed by atoms with Crippen molar-refractivity contribution in [3.63, 3.8) is 0 Å². The molecule has 1 fully saturated rings. The summed E-state index contributed by atoms with van der Waals surface area (Å²) in [6.07, 6.45) is 9.28. The summed E-state index contributed by atoms with van der Waals surface area (Å²) in [5, 5.41) is 3.51. The fraction of sp³-hybridized carbons (Fsp3) is 0.385. The monoisotopic (exact) mass is 185 g/mol. The molecule has 0 radical (unpaired) electrons. The third-order valence-electron chi connectivity index (χ3n) is 2.80. The van der Waals surface area contributed by atoms with Gasteiger partial charge in [0.25, 0.3) is 0 Å². The normalized spacial score (nSPS) is 21.5. The highest BCUT2D eigenvalue weighted by Gasteiger charge is 2.16. The molecule has 0 amide bonds. The lowest BCUT2D eigenvalue weighted by molar-refractivity contribution is 0.412. The van der Waals surface area contributed by atoms with Crippen LogP contribution in [0.4, 0.5) is 0 Å². The van der Waals surface area contributed by atoms with E-state index in [0.29, 0.717) is 6.04 Å². The molecule has 1 unspecified atom stereocenters. The number of benzene rings is 1. The molecule has 1 aromatic rings. The highest BCUT2D eigenvalue weighted by molar-refractivity contribution is 5.41. The van der Waals surface area contributed by atoms with E-state index in [0.717, 1.165) is 12.1 Å². The van der Waals surface area contributed by atoms with Gasteiger partial charge in [-0.1, -0.05) is 30.5 Å². The lowest BCUT2D eigenvalue weighted by atomic mass is 9.94. The SMILES string of the molecule is C#Cc1ccccc1C1CCCCN1. The minimum absolute atomic E-state index is 0.469. The van der Waals surface area contributed by atoms with Crippen molar-refractivity contribution >= 4 is 0 Å². The molecule has 1 atom stereocenters. The summed E-state index contributed by atoms with van der Waals surface area (Å²) in [5.41, 5.74) is 2.32. The van der Waals surface area contributed by atoms with Crippen molar-refractivity contribution in [1.82, 2.24) is 5.32 Å². The first-order valence-corrected chi connectivity index (χ1v) is 5.21. The van der Waals surface area contributed by atoms with E-state index < -0.39 is 0 Å². The molecule has 1 aromatic carbocycles. The van der Waals surface area contributed by atoms with Crippen molar-refractivity contribution in [1.29, 1.82) is 0 Å². The van der Waals surface area contributed by atoms with Gasteiger partial charge < -0.3 is 5.32 Å². The Kier molecular flexibility index (Phi) is 2.86. The van der Waals surface area contributed by atoms with E-state index in [-0.39, 0.29) is 0 Å². The molecule has 1 heterocycles. The first kappa shape index (κ1) is 9.30. The molecule has 1 aliphatic rings. The molecular weight excluding hydrogens is 170 g/mol. The summed E-state index contributed by atoms with van der Waals surface area (Å²) >= 11 is 0. The van der Waals surface area contributed by atoms with Crippen molar-refractivity contribution in [3.05, 3.63) is 35.4 Å². The van der Waals surface area contributed by atoms with Gasteiger partial charge in [0, 0.05) is 11.6 Å². The van der Waals surface area contributed by atoms with Crippen LogP contribution in [0.1, 0.15) is 36.4 Å². The molecule has 2 rings (SSSR count). The minimum atomic E-state index is 0.469. The minimum Gasteiger partial charge on any atom is -0.310 e. The van der Waals surface area contributed by atoms with E-state index in [1.807, 2.05) is 12.1 Å². The van der Waals surface area contributed by atoms with E-state index >= 15 is 0 Å². The number of nitrogens with one attached hydrogen (secondary N) is 1. The maximum atomic E-state index is 5.48. The summed E-state index contributed by atoms with van der Waals surface area (Å²) in [4.78, 5) is 0. The van der Waals surface area contributed by atoms with Gasteiger partial charge in [0.15, 0.2) is 0 Å². The molecule has 1 nitrogen and oxygen atoms in total. The maximum absolute atomic E-state index is 5.48. The Balaban J connectivity index is 2.26. The molecular formula is C13H15N. The van der Waals surface area contributed by atoms with Crippen LogP contribution in [-0.2, 0) is 0 Å². The zero-order chi connectivity index (χ0) is 9.80. The van der Waals surface area contributed by atoms with E-state index in [9.17, 15) is 0 Å². The van der Waals surface area contributed by atoms with Gasteiger partial charge in [-0.2, -0.15) is 0 Å². The fourth-order valence-electron chi connectivity index (χ4n) is 2.05. The number of piperidine rings is 1. The molecule has 1 aliphatic heterocycles. The number of rotatable bonds is 1. The molecule has 0 spiro atoms. The second-order valence-electron chi connectivity index (χ2n) is 3.73. The predicted molar refractivity (Wildman–Crippen MR) is 59.0 cm³/mol. The number of hydrogen-bond acceptors (Lipinski definition) is 1. The quantitative estimate of drug-likeness (QED) is 0.663. The van der Waals surface area contributed by atoms with Gasteiger partial charge in [-0.05, 0) is 31.0 Å². The zero-order valence-electron chi connectivity index (χ0n) is 8.29. The van der Waals surface area contributed by atoms with Crippen molar-refractivity contribution in [2.45, 2.75) is 25.3 Å². The molecule has 0 aromatic heterocycles. The van der Waals surface area contributed by atoms with Crippen LogP contribution in [-0.4, -0.2) is 6.54 Å². The second kappa shape index (κ2) is 4.30. The third kappa shape index (κ3) is 1.81. The first-order chi connectivity index (χ1) is 6.92. The Bertz CT molecular complexity index is 342. The molecule has 1 N–H and O–H groups in total. The van der Waals surface area contributed by atoms with Gasteiger partial charge in [-0.25, -0.2) is 0 Å². The summed E-state index contributed by atoms with van der Waals surface area (Å²) in [5.74, 6) is 2.75. The van der Waals surface area contributed by atoms with Crippen LogP contribution in [0.3, 0.4) is 0 Å². The van der Waals surface area contributed by atoms with Crippen LogP contribution < -0.4 is 5.32 Å². The van der Waals surface area contributed by atoms with Crippen LogP contribution >= 0.6 is 0 Å². The standard InChI is InChI=1S/C13H15N/c1-2-11-7-3-4-8-12(11)13-9-5-6-10-14-13/h1,3-4,7-8,13-14H,5-6,9-10H2. The average molecular weight is 185 g/mol. The largest absolute Gasteiger partial charge is 0.310 e. The van der Waals surface area contributed by atoms with Gasteiger partial charge in [0.2, 0.25) is 0 Å². The fourth-order valence-corrected chi connectivity index (χ4v) is 2.05. The Morgan fingerprint density at radius 1 is 1.29 bits per heavy atom. The van der Waals surface area contributed by atoms with Gasteiger partial charge >= 0.3 is 0 Å². The van der Waals surface area contributed by atoms with Crippen LogP contribution in [0, 0.1) is 12.3 Å². The van der Waals surface area contributed by atoms with Crippen molar-refractivity contribution in [2.24, 2.45) is 0 Å². The lowest BCUT2D eigenvalue weighted by Gasteiger charge is -2.24. The highest BCUT2D eigenvalue weighted by Crippen LogP contribution is 2.25. The van der Waals surface area contributed by atoms with E-state index in [2.05, 4.69) is 23.4 Å². The van der Waals surface area contributed by atoms with Crippen LogP contribution in [0.25, 0.3) is 0 Å². The Labute approximate surface area is 85.5 Å². The molecule has 72 valence electrons. The topological polar surface area (TPSA) is 12.0 Å². The average Bonchev–Trinajstić information content (AvgIpc) is 2.30. The maximum Gasteiger partial charge on any atom is 0.0332 e. The highest BCUT2D eigenvalue weighted by atomic mass is 14.9. The summed E-state index contributed by atoms with van der Waals surface area (Å²) < 4.78 is 0. The number of terminal acetylenes is 1. The Morgan fingerprint density at radius 3 is 2.86 bits per heavy atom. The van der Waals surface area contributed by atoms with Crippen LogP contribution in [0.5, 0.6) is 0 Å². The van der Waals surface area contributed by atoms with E-state index in [1.165, 1.54) is 24.8 Å². The van der Waals surface area contributed by atoms with Gasteiger partial charge in [0.1, 0.15) is 0 Å². The predicted octanol–water partition coefficient (Wildman–Crippen LogP) is 2.48. The zero-order valence-corrected chi connectivity index (χ0v) is 8.29. The first-order valence-electron chi connectivity index (χ1n) is 5.21. The van der Waals surface area contributed by atoms with Crippen molar-refractivity contribution in [2.75, 3.05) is 6.54 Å². The Hall–Kier alpha value is -1.26. The molecule has 14 heavy (non-hydrogen) atoms. The van der Waals surface area contributed by atoms with Crippen molar-refractivity contribution < 1.29 is 0 Å². The summed E-state index contributed by atoms with van der Waals surface area (Å²) in [6, 6.07) is 8.69. The summed E-state index contributed by atoms with van der Waals surface area (Å²) in [7, 11) is 0. The third-order valence-corrected chi connectivity index (χ3v) is 2.80. The smallest absolute Gasteiger partial charge is 0.0332 e. The second-order valence-corrected chi connectivity index (χ2v) is 3.73. The van der Waals surface area contributed by atoms with Crippen LogP contribution in [0.2, 0.25) is 0 Å². The molecule has 1 heteroatoms. The van der Waals surface area contributed by atoms with Gasteiger partial charge in [-0.3, -0.25) is 0 Å². The molecule has 0 bridgehead atoms. The summed E-state index contributed by atoms with van der Waals surface area (Å²) in [6.45, 7) is 1.11. The van der Waals surface area contributed by atoms with Crippen molar-refractivity contribution in [3.8, 4) is 12.3 Å². The number of hydrogen-bond donors (Lipinski definition) is 1. The van der Waals surface area contributed by atoms with Crippen LogP contribution in [0.15, 0.2) is 24.3 Å². The molecule has 1 saturated heterocycles. The van der Waals surface area contributed by atoms with Gasteiger partial charge in [0.05, 0.1) is 0 Å². The van der Waals surface area contributed by atoms with Gasteiger partial charge in [-0.15, -0.1) is 6.42 Å². The Morgan fingerprint density at radius 2 is 2.14 bits per heavy atom.